The minimum atomic E-state index is -0.265. The molecule has 4 aromatic rings. The minimum Gasteiger partial charge on any atom is -0.392 e. The summed E-state index contributed by atoms with van der Waals surface area (Å²) < 4.78 is 1.51. The molecule has 1 aromatic carbocycles. The van der Waals surface area contributed by atoms with Gasteiger partial charge < -0.3 is 19.9 Å². The third kappa shape index (κ3) is 4.23. The lowest BCUT2D eigenvalue weighted by atomic mass is 9.98. The molecule has 196 valence electrons. The highest BCUT2D eigenvalue weighted by Crippen LogP contribution is 2.41. The van der Waals surface area contributed by atoms with Gasteiger partial charge in [0.05, 0.1) is 29.5 Å². The maximum Gasteiger partial charge on any atom is 0.274 e. The summed E-state index contributed by atoms with van der Waals surface area (Å²) in [5.74, 6) is 1.01. The van der Waals surface area contributed by atoms with Crippen LogP contribution in [0.5, 0.6) is 0 Å². The van der Waals surface area contributed by atoms with Crippen LogP contribution in [0.2, 0.25) is 0 Å². The van der Waals surface area contributed by atoms with Gasteiger partial charge in [-0.3, -0.25) is 14.7 Å². The zero-order chi connectivity index (χ0) is 26.8. The second-order valence-electron chi connectivity index (χ2n) is 11.1. The van der Waals surface area contributed by atoms with E-state index in [1.807, 2.05) is 24.3 Å². The van der Waals surface area contributed by atoms with Gasteiger partial charge in [-0.1, -0.05) is 32.9 Å². The average Bonchev–Trinajstić information content (AvgIpc) is 3.33. The van der Waals surface area contributed by atoms with Crippen molar-refractivity contribution < 1.29 is 9.90 Å². The summed E-state index contributed by atoms with van der Waals surface area (Å²) in [6.07, 6.45) is 4.05. The molecule has 3 N–H and O–H groups in total. The Hall–Kier alpha value is -3.76. The molecule has 0 radical (unpaired) electrons. The van der Waals surface area contributed by atoms with E-state index < -0.39 is 0 Å². The lowest BCUT2D eigenvalue weighted by Gasteiger charge is -2.22. The van der Waals surface area contributed by atoms with E-state index in [1.54, 1.807) is 24.2 Å². The molecule has 3 aromatic heterocycles. The monoisotopic (exact) mass is 530 g/mol. The Kier molecular flexibility index (Phi) is 5.77. The fourth-order valence-electron chi connectivity index (χ4n) is 4.84. The molecule has 0 spiro atoms. The van der Waals surface area contributed by atoms with Crippen LogP contribution >= 0.6 is 11.3 Å². The van der Waals surface area contributed by atoms with Crippen LogP contribution in [0.1, 0.15) is 71.2 Å². The first-order valence-electron chi connectivity index (χ1n) is 12.7. The number of nitrogens with zero attached hydrogens (tertiary/aromatic N) is 4. The van der Waals surface area contributed by atoms with Gasteiger partial charge in [-0.05, 0) is 30.5 Å². The van der Waals surface area contributed by atoms with Gasteiger partial charge in [0.25, 0.3) is 11.5 Å². The summed E-state index contributed by atoms with van der Waals surface area (Å²) in [6.45, 7) is 6.36. The van der Waals surface area contributed by atoms with E-state index in [4.69, 9.17) is 4.98 Å². The number of H-pyrrole nitrogens is 1. The molecule has 6 rings (SSSR count). The molecule has 1 saturated carbocycles. The predicted octanol–water partition coefficient (Wildman–Crippen LogP) is 4.80. The number of aliphatic hydroxyl groups excluding tert-OH is 1. The number of hydrogen-bond donors (Lipinski definition) is 3. The first-order valence-corrected chi connectivity index (χ1v) is 13.5. The number of nitrogens with one attached hydrogen (secondary N) is 2. The Morgan fingerprint density at radius 3 is 2.68 bits per heavy atom. The first kappa shape index (κ1) is 24.6. The zero-order valence-corrected chi connectivity index (χ0v) is 22.6. The molecule has 2 aliphatic rings. The van der Waals surface area contributed by atoms with Crippen molar-refractivity contribution in [3.05, 3.63) is 73.7 Å². The van der Waals surface area contributed by atoms with Gasteiger partial charge in [0.1, 0.15) is 10.6 Å². The lowest BCUT2D eigenvalue weighted by Crippen LogP contribution is -2.25. The van der Waals surface area contributed by atoms with Crippen molar-refractivity contribution in [2.45, 2.75) is 58.1 Å². The number of thiazole rings is 1. The number of aryl methyl sites for hydroxylation is 1. The molecule has 1 aliphatic carbocycles. The third-order valence-corrected chi connectivity index (χ3v) is 8.57. The molecule has 10 heteroatoms. The summed E-state index contributed by atoms with van der Waals surface area (Å²) in [4.78, 5) is 33.4. The van der Waals surface area contributed by atoms with Crippen LogP contribution in [-0.2, 0) is 25.6 Å². The number of aliphatic hydroxyl groups is 1. The summed E-state index contributed by atoms with van der Waals surface area (Å²) >= 11 is 1.44. The number of pyridine rings is 1. The molecule has 9 nitrogen and oxygen atoms in total. The van der Waals surface area contributed by atoms with E-state index in [9.17, 15) is 14.7 Å². The summed E-state index contributed by atoms with van der Waals surface area (Å²) in [7, 11) is 1.69. The van der Waals surface area contributed by atoms with Crippen LogP contribution in [-0.4, -0.2) is 30.8 Å². The number of hydrogen-bond acceptors (Lipinski definition) is 7. The van der Waals surface area contributed by atoms with E-state index in [0.29, 0.717) is 40.1 Å². The number of rotatable bonds is 6. The molecule has 0 bridgehead atoms. The van der Waals surface area contributed by atoms with Gasteiger partial charge in [0.2, 0.25) is 0 Å². The second kappa shape index (κ2) is 8.92. The highest BCUT2D eigenvalue weighted by Gasteiger charge is 2.36. The number of anilines is 3. The fraction of sp³-hybridized carbons (Fsp3) is 0.357. The average molecular weight is 531 g/mol. The molecule has 1 fully saturated rings. The van der Waals surface area contributed by atoms with Crippen molar-refractivity contribution in [1.82, 2.24) is 19.7 Å². The number of aromatic amines is 1. The predicted molar refractivity (Wildman–Crippen MR) is 148 cm³/mol. The Balaban J connectivity index is 1.35. The Morgan fingerprint density at radius 2 is 2.00 bits per heavy atom. The second-order valence-corrected chi connectivity index (χ2v) is 12.1. The van der Waals surface area contributed by atoms with Gasteiger partial charge in [-0.2, -0.15) is 5.10 Å². The fourth-order valence-corrected chi connectivity index (χ4v) is 5.92. The van der Waals surface area contributed by atoms with E-state index >= 15 is 0 Å². The van der Waals surface area contributed by atoms with Gasteiger partial charge in [-0.25, -0.2) is 4.98 Å². The van der Waals surface area contributed by atoms with Crippen molar-refractivity contribution in [2.75, 3.05) is 10.2 Å². The van der Waals surface area contributed by atoms with E-state index in [1.165, 1.54) is 15.9 Å². The molecule has 0 saturated heterocycles. The van der Waals surface area contributed by atoms with Gasteiger partial charge in [-0.15, -0.1) is 11.3 Å². The third-order valence-electron chi connectivity index (χ3n) is 7.06. The first-order chi connectivity index (χ1) is 18.1. The lowest BCUT2D eigenvalue weighted by molar-refractivity contribution is 0.0999. The van der Waals surface area contributed by atoms with Crippen LogP contribution in [0.15, 0.2) is 41.3 Å². The summed E-state index contributed by atoms with van der Waals surface area (Å²) in [5.41, 5.74) is 4.66. The van der Waals surface area contributed by atoms with Crippen LogP contribution < -0.4 is 15.8 Å². The van der Waals surface area contributed by atoms with Crippen molar-refractivity contribution in [2.24, 2.45) is 7.05 Å². The van der Waals surface area contributed by atoms with Gasteiger partial charge in [0.15, 0.2) is 5.82 Å². The number of carbonyl (C=O) groups is 1. The molecule has 4 heterocycles. The molecule has 0 unspecified atom stereocenters. The summed E-state index contributed by atoms with van der Waals surface area (Å²) in [5, 5.41) is 21.9. The van der Waals surface area contributed by atoms with Crippen molar-refractivity contribution >= 4 is 34.4 Å². The number of aromatic nitrogens is 4. The molecule has 1 amide bonds. The molecule has 38 heavy (non-hydrogen) atoms. The number of fused-ring (bicyclic) bond motifs is 1. The van der Waals surface area contributed by atoms with Crippen LogP contribution in [0, 0.1) is 0 Å². The van der Waals surface area contributed by atoms with Crippen molar-refractivity contribution in [1.29, 1.82) is 0 Å². The van der Waals surface area contributed by atoms with Gasteiger partial charge >= 0.3 is 0 Å². The van der Waals surface area contributed by atoms with E-state index in [0.717, 1.165) is 40.4 Å². The topological polar surface area (TPSA) is 116 Å². The molecule has 1 aliphatic heterocycles. The molecular formula is C28H30N6O3S. The number of carbonyl (C=O) groups excluding carboxylic acids is 1. The van der Waals surface area contributed by atoms with Crippen LogP contribution in [0.25, 0.3) is 11.1 Å². The highest BCUT2D eigenvalue weighted by atomic mass is 32.1. The van der Waals surface area contributed by atoms with Crippen molar-refractivity contribution in [3.8, 4) is 11.1 Å². The van der Waals surface area contributed by atoms with E-state index in [2.05, 4.69) is 36.3 Å². The Labute approximate surface area is 224 Å². The van der Waals surface area contributed by atoms with Gasteiger partial charge in [0, 0.05) is 47.5 Å². The maximum atomic E-state index is 13.4. The maximum absolute atomic E-state index is 13.4. The smallest absolute Gasteiger partial charge is 0.274 e. The highest BCUT2D eigenvalue weighted by molar-refractivity contribution is 7.14. The van der Waals surface area contributed by atoms with Crippen LogP contribution in [0.3, 0.4) is 0 Å². The standard InChI is InChI=1S/C28H30N6O3S/c1-28(2,3)27-30-21-13-34(26(37)24(21)38-27)22-7-5-6-17(18(22)14-35)16-10-20(25(36)33(4)12-16)29-23-11-19(31-32-23)15-8-9-15/h5-7,10-12,15,35H,8-9,13-14H2,1-4H3,(H2,29,31,32). The quantitative estimate of drug-likeness (QED) is 0.330. The minimum absolute atomic E-state index is 0.104. The SMILES string of the molecule is Cn1cc(-c2cccc(N3Cc4nc(C(C)(C)C)sc4C3=O)c2CO)cc(Nc2cc(C3CC3)[nH]n2)c1=O. The number of benzene rings is 1. The Bertz CT molecular complexity index is 1620. The molecular weight excluding hydrogens is 500 g/mol. The summed E-state index contributed by atoms with van der Waals surface area (Å²) in [6, 6.07) is 9.32. The number of amides is 1. The zero-order valence-electron chi connectivity index (χ0n) is 21.8. The van der Waals surface area contributed by atoms with E-state index in [-0.39, 0.29) is 23.5 Å². The van der Waals surface area contributed by atoms with Crippen LogP contribution in [0.4, 0.5) is 17.2 Å². The largest absolute Gasteiger partial charge is 0.392 e. The molecule has 0 atom stereocenters. The Morgan fingerprint density at radius 1 is 1.21 bits per heavy atom. The van der Waals surface area contributed by atoms with Crippen molar-refractivity contribution in [3.63, 3.8) is 0 Å². The normalized spacial score (nSPS) is 15.3.